The van der Waals surface area contributed by atoms with Crippen LogP contribution in [0.3, 0.4) is 0 Å². The van der Waals surface area contributed by atoms with Crippen LogP contribution in [0.1, 0.15) is 39.2 Å². The first kappa shape index (κ1) is 15.8. The van der Waals surface area contributed by atoms with Gasteiger partial charge >= 0.3 is 0 Å². The molecule has 0 saturated carbocycles. The predicted molar refractivity (Wildman–Crippen MR) is 83.6 cm³/mol. The highest BCUT2D eigenvalue weighted by molar-refractivity contribution is 5.55. The molecule has 0 aliphatic carbocycles. The number of hydrogen-bond donors (Lipinski definition) is 0. The molecule has 0 amide bonds. The molecule has 0 saturated heterocycles. The summed E-state index contributed by atoms with van der Waals surface area (Å²) in [5.74, 6) is 0.934. The van der Waals surface area contributed by atoms with Gasteiger partial charge in [-0.1, -0.05) is 37.8 Å². The molecule has 106 valence electrons. The van der Waals surface area contributed by atoms with Gasteiger partial charge in [0.05, 0.1) is 6.61 Å². The molecular weight excluding hydrogens is 234 g/mol. The lowest BCUT2D eigenvalue weighted by Crippen LogP contribution is -2.33. The van der Waals surface area contributed by atoms with Crippen molar-refractivity contribution in [3.8, 4) is 5.75 Å². The molecule has 19 heavy (non-hydrogen) atoms. The minimum absolute atomic E-state index is 0.611. The van der Waals surface area contributed by atoms with Crippen LogP contribution >= 0.6 is 0 Å². The normalized spacial score (nSPS) is 11.0. The van der Waals surface area contributed by atoms with Crippen molar-refractivity contribution in [3.63, 3.8) is 0 Å². The summed E-state index contributed by atoms with van der Waals surface area (Å²) in [5.41, 5.74) is 1.07. The van der Waals surface area contributed by atoms with Crippen LogP contribution in [0.15, 0.2) is 30.8 Å². The van der Waals surface area contributed by atoms with Crippen molar-refractivity contribution in [1.29, 1.82) is 0 Å². The summed E-state index contributed by atoms with van der Waals surface area (Å²) in [4.78, 5) is 2.50. The van der Waals surface area contributed by atoms with Crippen molar-refractivity contribution in [2.45, 2.75) is 39.7 Å². The van der Waals surface area contributed by atoms with E-state index in [2.05, 4.69) is 32.3 Å². The highest BCUT2D eigenvalue weighted by Crippen LogP contribution is 2.18. The first-order valence-electron chi connectivity index (χ1n) is 7.27. The highest BCUT2D eigenvalue weighted by Gasteiger charge is 2.07. The second-order valence-corrected chi connectivity index (χ2v) is 5.07. The number of hydrogen-bond acceptors (Lipinski definition) is 2. The van der Waals surface area contributed by atoms with Gasteiger partial charge in [-0.15, -0.1) is 0 Å². The fourth-order valence-corrected chi connectivity index (χ4v) is 2.15. The first-order chi connectivity index (χ1) is 9.19. The van der Waals surface area contributed by atoms with Gasteiger partial charge in [-0.05, 0) is 39.3 Å². The van der Waals surface area contributed by atoms with Crippen LogP contribution in [-0.2, 0) is 0 Å². The van der Waals surface area contributed by atoms with E-state index in [0.29, 0.717) is 6.04 Å². The third-order valence-corrected chi connectivity index (χ3v) is 3.23. The molecule has 0 radical (unpaired) electrons. The fourth-order valence-electron chi connectivity index (χ4n) is 2.15. The van der Waals surface area contributed by atoms with E-state index in [1.807, 2.05) is 30.3 Å². The van der Waals surface area contributed by atoms with E-state index in [9.17, 15) is 0 Å². The molecule has 0 N–H and O–H groups in total. The van der Waals surface area contributed by atoms with Crippen LogP contribution in [0.25, 0.3) is 6.08 Å². The van der Waals surface area contributed by atoms with Gasteiger partial charge < -0.3 is 9.64 Å². The zero-order chi connectivity index (χ0) is 14.1. The Morgan fingerprint density at radius 2 is 2.00 bits per heavy atom. The summed E-state index contributed by atoms with van der Waals surface area (Å²) in [6.07, 6.45) is 4.11. The molecule has 0 aliphatic rings. The van der Waals surface area contributed by atoms with Gasteiger partial charge in [0.15, 0.2) is 0 Å². The van der Waals surface area contributed by atoms with E-state index >= 15 is 0 Å². The maximum Gasteiger partial charge on any atom is 0.126 e. The van der Waals surface area contributed by atoms with Gasteiger partial charge in [0.1, 0.15) is 5.75 Å². The predicted octanol–water partition coefficient (Wildman–Crippen LogP) is 4.22. The fraction of sp³-hybridized carbons (Fsp3) is 0.529. The number of benzene rings is 1. The topological polar surface area (TPSA) is 12.5 Å². The van der Waals surface area contributed by atoms with Crippen LogP contribution in [-0.4, -0.2) is 30.6 Å². The Kier molecular flexibility index (Phi) is 7.27. The Bertz CT molecular complexity index is 373. The molecule has 0 bridgehead atoms. The molecule has 0 heterocycles. The van der Waals surface area contributed by atoms with E-state index < -0.39 is 0 Å². The zero-order valence-electron chi connectivity index (χ0n) is 12.6. The van der Waals surface area contributed by atoms with E-state index in [-0.39, 0.29) is 0 Å². The van der Waals surface area contributed by atoms with Gasteiger partial charge in [0.2, 0.25) is 0 Å². The molecular formula is C17H27NO. The Balaban J connectivity index is 2.35. The Morgan fingerprint density at radius 3 is 2.63 bits per heavy atom. The molecule has 2 nitrogen and oxygen atoms in total. The van der Waals surface area contributed by atoms with Crippen LogP contribution in [0.2, 0.25) is 0 Å². The molecule has 2 heteroatoms. The lowest BCUT2D eigenvalue weighted by atomic mass is 10.2. The van der Waals surface area contributed by atoms with Gasteiger partial charge in [-0.3, -0.25) is 0 Å². The van der Waals surface area contributed by atoms with E-state index in [4.69, 9.17) is 4.74 Å². The summed E-state index contributed by atoms with van der Waals surface area (Å²) in [7, 11) is 0. The summed E-state index contributed by atoms with van der Waals surface area (Å²) in [6.45, 7) is 13.6. The molecule has 1 rings (SSSR count). The summed E-state index contributed by atoms with van der Waals surface area (Å²) in [6, 6.07) is 8.65. The second-order valence-electron chi connectivity index (χ2n) is 5.07. The minimum Gasteiger partial charge on any atom is -0.493 e. The summed E-state index contributed by atoms with van der Waals surface area (Å²) in [5, 5.41) is 0. The molecule has 1 aromatic carbocycles. The summed E-state index contributed by atoms with van der Waals surface area (Å²) < 4.78 is 5.84. The van der Waals surface area contributed by atoms with Gasteiger partial charge in [0, 0.05) is 18.2 Å². The number of para-hydroxylation sites is 1. The van der Waals surface area contributed by atoms with Crippen molar-refractivity contribution in [3.05, 3.63) is 36.4 Å². The summed E-state index contributed by atoms with van der Waals surface area (Å²) >= 11 is 0. The van der Waals surface area contributed by atoms with E-state index in [0.717, 1.165) is 30.9 Å². The van der Waals surface area contributed by atoms with Crippen molar-refractivity contribution in [2.75, 3.05) is 19.7 Å². The van der Waals surface area contributed by atoms with Crippen LogP contribution < -0.4 is 4.74 Å². The number of ether oxygens (including phenoxy) is 1. The third kappa shape index (κ3) is 5.48. The van der Waals surface area contributed by atoms with Crippen LogP contribution in [0.4, 0.5) is 0 Å². The van der Waals surface area contributed by atoms with Gasteiger partial charge in [-0.2, -0.15) is 0 Å². The minimum atomic E-state index is 0.611. The molecule has 0 aromatic heterocycles. The lowest BCUT2D eigenvalue weighted by Gasteiger charge is -2.25. The smallest absolute Gasteiger partial charge is 0.126 e. The molecule has 0 unspecified atom stereocenters. The molecule has 0 spiro atoms. The largest absolute Gasteiger partial charge is 0.493 e. The average molecular weight is 261 g/mol. The van der Waals surface area contributed by atoms with Gasteiger partial charge in [0.25, 0.3) is 0 Å². The lowest BCUT2D eigenvalue weighted by molar-refractivity contribution is 0.198. The second kappa shape index (κ2) is 8.76. The van der Waals surface area contributed by atoms with Crippen molar-refractivity contribution in [1.82, 2.24) is 4.90 Å². The first-order valence-corrected chi connectivity index (χ1v) is 7.27. The van der Waals surface area contributed by atoms with Crippen molar-refractivity contribution >= 4 is 6.08 Å². The quantitative estimate of drug-likeness (QED) is 0.617. The molecule has 0 fully saturated rings. The number of nitrogens with zero attached hydrogens (tertiary/aromatic N) is 1. The average Bonchev–Trinajstić information content (AvgIpc) is 2.42. The zero-order valence-corrected chi connectivity index (χ0v) is 12.6. The van der Waals surface area contributed by atoms with Gasteiger partial charge in [-0.25, -0.2) is 0 Å². The van der Waals surface area contributed by atoms with Crippen molar-refractivity contribution in [2.24, 2.45) is 0 Å². The SMILES string of the molecule is C=Cc1ccccc1OCCCN(CCC)C(C)C. The Hall–Kier alpha value is -1.28. The number of rotatable bonds is 9. The van der Waals surface area contributed by atoms with E-state index in [1.165, 1.54) is 13.0 Å². The van der Waals surface area contributed by atoms with Crippen LogP contribution in [0, 0.1) is 0 Å². The Labute approximate surface area is 118 Å². The monoisotopic (exact) mass is 261 g/mol. The third-order valence-electron chi connectivity index (χ3n) is 3.23. The molecule has 1 aromatic rings. The van der Waals surface area contributed by atoms with Crippen molar-refractivity contribution < 1.29 is 4.74 Å². The van der Waals surface area contributed by atoms with E-state index in [1.54, 1.807) is 0 Å². The standard InChI is InChI=1S/C17H27NO/c1-5-12-18(15(3)4)13-9-14-19-17-11-8-7-10-16(17)6-2/h6-8,10-11,15H,2,5,9,12-14H2,1,3-4H3. The van der Waals surface area contributed by atoms with Crippen LogP contribution in [0.5, 0.6) is 5.75 Å². The maximum absolute atomic E-state index is 5.84. The Morgan fingerprint density at radius 1 is 1.26 bits per heavy atom. The maximum atomic E-state index is 5.84. The highest BCUT2D eigenvalue weighted by atomic mass is 16.5. The molecule has 0 atom stereocenters. The molecule has 0 aliphatic heterocycles.